The van der Waals surface area contributed by atoms with Crippen LogP contribution in [0.4, 0.5) is 11.4 Å². The van der Waals surface area contributed by atoms with Crippen LogP contribution in [0.3, 0.4) is 0 Å². The summed E-state index contributed by atoms with van der Waals surface area (Å²) in [6.07, 6.45) is 1.42. The summed E-state index contributed by atoms with van der Waals surface area (Å²) in [7, 11) is 0. The Morgan fingerprint density at radius 1 is 1.39 bits per heavy atom. The molecule has 1 amide bonds. The van der Waals surface area contributed by atoms with Crippen molar-refractivity contribution in [3.8, 4) is 6.07 Å². The Balaban J connectivity index is 2.30. The summed E-state index contributed by atoms with van der Waals surface area (Å²) in [5.74, 6) is -0.710. The van der Waals surface area contributed by atoms with Gasteiger partial charge in [0.05, 0.1) is 20.7 Å². The first kappa shape index (κ1) is 17.0. The maximum Gasteiger partial charge on any atom is 0.272 e. The predicted molar refractivity (Wildman–Crippen MR) is 89.7 cm³/mol. The van der Waals surface area contributed by atoms with E-state index >= 15 is 0 Å². The Morgan fingerprint density at radius 2 is 2.04 bits per heavy atom. The number of hydrogen-bond acceptors (Lipinski definition) is 5. The molecule has 1 N–H and O–H groups in total. The van der Waals surface area contributed by atoms with Crippen LogP contribution in [0.15, 0.2) is 35.2 Å². The number of amides is 1. The van der Waals surface area contributed by atoms with Gasteiger partial charge in [-0.25, -0.2) is 0 Å². The first-order chi connectivity index (χ1) is 10.9. The van der Waals surface area contributed by atoms with Crippen LogP contribution in [-0.2, 0) is 4.79 Å². The summed E-state index contributed by atoms with van der Waals surface area (Å²) < 4.78 is 0. The van der Waals surface area contributed by atoms with Gasteiger partial charge in [0.1, 0.15) is 11.6 Å². The van der Waals surface area contributed by atoms with E-state index in [4.69, 9.17) is 28.5 Å². The number of rotatable bonds is 4. The lowest BCUT2D eigenvalue weighted by Crippen LogP contribution is -2.14. The van der Waals surface area contributed by atoms with Crippen molar-refractivity contribution in [2.45, 2.75) is 0 Å². The molecular weight excluding hydrogens is 361 g/mol. The average molecular weight is 368 g/mol. The number of nitro groups is 1. The molecule has 9 heteroatoms. The maximum atomic E-state index is 12.1. The number of nitrogens with zero attached hydrogens (tertiary/aromatic N) is 2. The topological polar surface area (TPSA) is 96.0 Å². The van der Waals surface area contributed by atoms with Crippen LogP contribution in [0.2, 0.25) is 10.0 Å². The second-order valence-electron chi connectivity index (χ2n) is 4.18. The summed E-state index contributed by atoms with van der Waals surface area (Å²) in [5.41, 5.74) is -0.429. The quantitative estimate of drug-likeness (QED) is 0.372. The molecule has 6 nitrogen and oxygen atoms in total. The van der Waals surface area contributed by atoms with Crippen molar-refractivity contribution in [3.63, 3.8) is 0 Å². The lowest BCUT2D eigenvalue weighted by Gasteiger charge is -2.08. The van der Waals surface area contributed by atoms with Crippen LogP contribution in [0.5, 0.6) is 0 Å². The van der Waals surface area contributed by atoms with Crippen molar-refractivity contribution in [1.29, 1.82) is 5.26 Å². The molecule has 1 heterocycles. The number of thiophene rings is 1. The zero-order valence-electron chi connectivity index (χ0n) is 11.2. The molecule has 2 rings (SSSR count). The van der Waals surface area contributed by atoms with Gasteiger partial charge in [-0.1, -0.05) is 29.3 Å². The number of nitro benzene ring substituents is 1. The minimum Gasteiger partial charge on any atom is -0.319 e. The molecule has 0 atom stereocenters. The predicted octanol–water partition coefficient (Wildman–Crippen LogP) is 4.51. The Labute approximate surface area is 144 Å². The van der Waals surface area contributed by atoms with E-state index in [-0.39, 0.29) is 27.0 Å². The third-order valence-corrected chi connectivity index (χ3v) is 4.09. The van der Waals surface area contributed by atoms with E-state index in [2.05, 4.69) is 5.32 Å². The number of nitriles is 1. The van der Waals surface area contributed by atoms with Crippen LogP contribution < -0.4 is 5.32 Å². The number of halogens is 2. The minimum atomic E-state index is -0.710. The van der Waals surface area contributed by atoms with Gasteiger partial charge >= 0.3 is 0 Å². The molecule has 0 aliphatic rings. The Hall–Kier alpha value is -2.40. The number of nitrogens with one attached hydrogen (secondary N) is 1. The van der Waals surface area contributed by atoms with Crippen molar-refractivity contribution in [3.05, 3.63) is 60.3 Å². The molecule has 116 valence electrons. The summed E-state index contributed by atoms with van der Waals surface area (Å²) in [6.45, 7) is 0. The average Bonchev–Trinajstić information content (AvgIpc) is 3.00. The Morgan fingerprint density at radius 3 is 2.52 bits per heavy atom. The molecule has 0 aliphatic heterocycles. The molecule has 2 aromatic rings. The molecule has 1 aromatic heterocycles. The molecule has 0 aliphatic carbocycles. The van der Waals surface area contributed by atoms with Crippen LogP contribution in [0.1, 0.15) is 4.88 Å². The van der Waals surface area contributed by atoms with Crippen molar-refractivity contribution in [2.75, 3.05) is 5.32 Å². The largest absolute Gasteiger partial charge is 0.319 e. The highest BCUT2D eigenvalue weighted by Gasteiger charge is 2.18. The van der Waals surface area contributed by atoms with Gasteiger partial charge in [-0.3, -0.25) is 14.9 Å². The standard InChI is InChI=1S/C14H7Cl2N3O3S/c15-11-5-9(19(21)22)6-12(16)13(11)18-14(20)8(7-17)4-10-2-1-3-23-10/h1-6H,(H,18,20)/b8-4+. The van der Waals surface area contributed by atoms with Crippen molar-refractivity contribution in [2.24, 2.45) is 0 Å². The third kappa shape index (κ3) is 4.07. The molecule has 23 heavy (non-hydrogen) atoms. The fourth-order valence-electron chi connectivity index (χ4n) is 1.63. The summed E-state index contributed by atoms with van der Waals surface area (Å²) in [5, 5.41) is 23.8. The first-order valence-electron chi connectivity index (χ1n) is 6.02. The second kappa shape index (κ2) is 7.24. The van der Waals surface area contributed by atoms with Gasteiger partial charge in [0.15, 0.2) is 0 Å². The lowest BCUT2D eigenvalue weighted by molar-refractivity contribution is -0.384. The molecule has 1 aromatic carbocycles. The number of non-ortho nitro benzene ring substituents is 1. The highest BCUT2D eigenvalue weighted by Crippen LogP contribution is 2.35. The van der Waals surface area contributed by atoms with Crippen molar-refractivity contribution >= 4 is 57.9 Å². The molecular formula is C14H7Cl2N3O3S. The number of carbonyl (C=O) groups excluding carboxylic acids is 1. The fraction of sp³-hybridized carbons (Fsp3) is 0. The van der Waals surface area contributed by atoms with Gasteiger partial charge < -0.3 is 5.32 Å². The van der Waals surface area contributed by atoms with Gasteiger partial charge in [0.25, 0.3) is 11.6 Å². The number of carbonyl (C=O) groups is 1. The van der Waals surface area contributed by atoms with Crippen LogP contribution in [0.25, 0.3) is 6.08 Å². The summed E-state index contributed by atoms with van der Waals surface area (Å²) in [4.78, 5) is 22.9. The van der Waals surface area contributed by atoms with Gasteiger partial charge in [-0.05, 0) is 17.5 Å². The first-order valence-corrected chi connectivity index (χ1v) is 7.66. The van der Waals surface area contributed by atoms with E-state index in [1.165, 1.54) is 17.4 Å². The van der Waals surface area contributed by atoms with Gasteiger partial charge in [0.2, 0.25) is 0 Å². The summed E-state index contributed by atoms with van der Waals surface area (Å²) >= 11 is 13.2. The monoisotopic (exact) mass is 367 g/mol. The van der Waals surface area contributed by atoms with E-state index in [9.17, 15) is 14.9 Å². The normalized spacial score (nSPS) is 10.9. The van der Waals surface area contributed by atoms with Crippen molar-refractivity contribution < 1.29 is 9.72 Å². The molecule has 0 bridgehead atoms. The van der Waals surface area contributed by atoms with E-state index in [1.807, 2.05) is 5.38 Å². The third-order valence-electron chi connectivity index (χ3n) is 2.67. The molecule has 0 unspecified atom stereocenters. The zero-order chi connectivity index (χ0) is 17.0. The zero-order valence-corrected chi connectivity index (χ0v) is 13.6. The highest BCUT2D eigenvalue weighted by atomic mass is 35.5. The highest BCUT2D eigenvalue weighted by molar-refractivity contribution is 7.10. The van der Waals surface area contributed by atoms with E-state index < -0.39 is 10.8 Å². The SMILES string of the molecule is N#C/C(=C\c1cccs1)C(=O)Nc1c(Cl)cc([N+](=O)[O-])cc1Cl. The molecule has 0 saturated carbocycles. The minimum absolute atomic E-state index is 0.0104. The molecule has 0 radical (unpaired) electrons. The van der Waals surface area contributed by atoms with Crippen molar-refractivity contribution in [1.82, 2.24) is 0 Å². The lowest BCUT2D eigenvalue weighted by atomic mass is 10.2. The molecule has 0 saturated heterocycles. The van der Waals surface area contributed by atoms with Gasteiger partial charge in [0, 0.05) is 17.0 Å². The van der Waals surface area contributed by atoms with E-state index in [0.29, 0.717) is 0 Å². The van der Waals surface area contributed by atoms with Crippen LogP contribution in [0, 0.1) is 21.4 Å². The van der Waals surface area contributed by atoms with Crippen LogP contribution >= 0.6 is 34.5 Å². The number of anilines is 1. The molecule has 0 fully saturated rings. The second-order valence-corrected chi connectivity index (χ2v) is 5.97. The van der Waals surface area contributed by atoms with E-state index in [0.717, 1.165) is 17.0 Å². The summed E-state index contributed by atoms with van der Waals surface area (Å²) in [6, 6.07) is 7.46. The smallest absolute Gasteiger partial charge is 0.272 e. The van der Waals surface area contributed by atoms with E-state index in [1.54, 1.807) is 18.2 Å². The number of benzene rings is 1. The van der Waals surface area contributed by atoms with Gasteiger partial charge in [-0.2, -0.15) is 5.26 Å². The Kier molecular flexibility index (Phi) is 5.34. The number of hydrogen-bond donors (Lipinski definition) is 1. The Bertz CT molecular complexity index is 818. The fourth-order valence-corrected chi connectivity index (χ4v) is 2.86. The maximum absolute atomic E-state index is 12.1. The molecule has 0 spiro atoms. The van der Waals surface area contributed by atoms with Gasteiger partial charge in [-0.15, -0.1) is 11.3 Å². The van der Waals surface area contributed by atoms with Crippen LogP contribution in [-0.4, -0.2) is 10.8 Å².